The van der Waals surface area contributed by atoms with Crippen LogP contribution >= 0.6 is 0 Å². The van der Waals surface area contributed by atoms with Gasteiger partial charge in [0.05, 0.1) is 10.5 Å². The lowest BCUT2D eigenvalue weighted by Crippen LogP contribution is -2.58. The molecule has 2 aromatic carbocycles. The van der Waals surface area contributed by atoms with Crippen LogP contribution < -0.4 is 4.90 Å². The zero-order chi connectivity index (χ0) is 18.7. The molecule has 2 aromatic rings. The molecule has 0 bridgehead atoms. The van der Waals surface area contributed by atoms with E-state index in [1.165, 1.54) is 25.1 Å². The van der Waals surface area contributed by atoms with E-state index in [9.17, 15) is 20.0 Å². The molecule has 7 nitrogen and oxygen atoms in total. The van der Waals surface area contributed by atoms with Crippen LogP contribution in [0.25, 0.3) is 0 Å². The highest BCUT2D eigenvalue weighted by atomic mass is 16.6. The van der Waals surface area contributed by atoms with E-state index in [4.69, 9.17) is 0 Å². The van der Waals surface area contributed by atoms with Gasteiger partial charge in [-0.3, -0.25) is 19.8 Å². The highest BCUT2D eigenvalue weighted by Crippen LogP contribution is 2.34. The van der Waals surface area contributed by atoms with Gasteiger partial charge in [-0.25, -0.2) is 0 Å². The van der Waals surface area contributed by atoms with Gasteiger partial charge in [-0.15, -0.1) is 0 Å². The van der Waals surface area contributed by atoms with Crippen molar-refractivity contribution in [2.24, 2.45) is 0 Å². The fourth-order valence-corrected chi connectivity index (χ4v) is 3.44. The van der Waals surface area contributed by atoms with Gasteiger partial charge >= 0.3 is 0 Å². The molecule has 1 aliphatic rings. The van der Waals surface area contributed by atoms with Crippen LogP contribution in [0.3, 0.4) is 0 Å². The Balaban J connectivity index is 1.88. The summed E-state index contributed by atoms with van der Waals surface area (Å²) in [7, 11) is 0. The molecule has 136 valence electrons. The number of piperazine rings is 1. The summed E-state index contributed by atoms with van der Waals surface area (Å²) in [6, 6.07) is 15.8. The Morgan fingerprint density at radius 1 is 1.04 bits per heavy atom. The number of rotatable bonds is 5. The number of anilines is 1. The fraction of sp³-hybridized carbons (Fsp3) is 0.316. The summed E-state index contributed by atoms with van der Waals surface area (Å²) in [5.41, 5.74) is -1.17. The molecular formula is C19H21N3O4. The van der Waals surface area contributed by atoms with Gasteiger partial charge in [-0.1, -0.05) is 30.3 Å². The quantitative estimate of drug-likeness (QED) is 0.653. The van der Waals surface area contributed by atoms with Crippen molar-refractivity contribution in [1.82, 2.24) is 4.90 Å². The minimum Gasteiger partial charge on any atom is -0.369 e. The lowest BCUT2D eigenvalue weighted by Gasteiger charge is -2.43. The number of nitro benzene ring substituents is 1. The summed E-state index contributed by atoms with van der Waals surface area (Å²) < 4.78 is 0. The van der Waals surface area contributed by atoms with Crippen molar-refractivity contribution in [1.29, 1.82) is 0 Å². The summed E-state index contributed by atoms with van der Waals surface area (Å²) in [5.74, 6) is -0.528. The first-order valence-corrected chi connectivity index (χ1v) is 8.47. The normalized spacial score (nSPS) is 17.5. The molecule has 0 aliphatic carbocycles. The Bertz CT molecular complexity index is 803. The number of nitrogens with zero attached hydrogens (tertiary/aromatic N) is 3. The molecule has 26 heavy (non-hydrogen) atoms. The van der Waals surface area contributed by atoms with E-state index >= 15 is 0 Å². The lowest BCUT2D eigenvalue weighted by molar-refractivity contribution is -0.387. The van der Waals surface area contributed by atoms with E-state index in [1.807, 2.05) is 30.3 Å². The van der Waals surface area contributed by atoms with Crippen LogP contribution in [0.2, 0.25) is 0 Å². The zero-order valence-electron chi connectivity index (χ0n) is 14.5. The Hall–Kier alpha value is -2.77. The minimum absolute atomic E-state index is 0.0191. The summed E-state index contributed by atoms with van der Waals surface area (Å²) in [6.07, 6.45) is 0. The van der Waals surface area contributed by atoms with Gasteiger partial charge in [-0.2, -0.15) is 0 Å². The molecule has 0 amide bonds. The SMILES string of the molecule is CC(=O)C(O)(c1ccccc1[N+](=O)[O-])N1CCN(c2ccccc2)CC1. The average Bonchev–Trinajstić information content (AvgIpc) is 2.68. The molecule has 1 saturated heterocycles. The summed E-state index contributed by atoms with van der Waals surface area (Å²) in [6.45, 7) is 3.31. The smallest absolute Gasteiger partial charge is 0.277 e. The van der Waals surface area contributed by atoms with Crippen LogP contribution in [0, 0.1) is 10.1 Å². The van der Waals surface area contributed by atoms with E-state index in [0.717, 1.165) is 5.69 Å². The number of para-hydroxylation sites is 2. The largest absolute Gasteiger partial charge is 0.369 e. The lowest BCUT2D eigenvalue weighted by atomic mass is 9.94. The van der Waals surface area contributed by atoms with Gasteiger partial charge in [0, 0.05) is 37.9 Å². The second-order valence-electron chi connectivity index (χ2n) is 6.31. The van der Waals surface area contributed by atoms with Gasteiger partial charge in [0.2, 0.25) is 5.72 Å². The van der Waals surface area contributed by atoms with E-state index in [1.54, 1.807) is 11.0 Å². The molecule has 1 aliphatic heterocycles. The molecule has 1 unspecified atom stereocenters. The predicted octanol–water partition coefficient (Wildman–Crippen LogP) is 2.15. The van der Waals surface area contributed by atoms with Crippen LogP contribution in [0.1, 0.15) is 12.5 Å². The number of aliphatic hydroxyl groups is 1. The van der Waals surface area contributed by atoms with Crippen molar-refractivity contribution >= 4 is 17.2 Å². The number of hydrogen-bond donors (Lipinski definition) is 1. The number of carbonyl (C=O) groups excluding carboxylic acids is 1. The molecule has 1 N–H and O–H groups in total. The zero-order valence-corrected chi connectivity index (χ0v) is 14.5. The number of benzene rings is 2. The highest BCUT2D eigenvalue weighted by molar-refractivity contribution is 5.87. The molecule has 7 heteroatoms. The molecule has 1 heterocycles. The van der Waals surface area contributed by atoms with Crippen molar-refractivity contribution in [3.63, 3.8) is 0 Å². The maximum atomic E-state index is 12.4. The summed E-state index contributed by atoms with van der Waals surface area (Å²) >= 11 is 0. The topological polar surface area (TPSA) is 86.9 Å². The van der Waals surface area contributed by atoms with Gasteiger partial charge in [0.1, 0.15) is 0 Å². The van der Waals surface area contributed by atoms with E-state index in [2.05, 4.69) is 4.90 Å². The van der Waals surface area contributed by atoms with Crippen molar-refractivity contribution in [2.75, 3.05) is 31.1 Å². The van der Waals surface area contributed by atoms with Gasteiger partial charge < -0.3 is 10.0 Å². The number of nitro groups is 1. The van der Waals surface area contributed by atoms with Crippen LogP contribution in [0.5, 0.6) is 0 Å². The summed E-state index contributed by atoms with van der Waals surface area (Å²) in [4.78, 5) is 27.0. The third-order valence-corrected chi connectivity index (χ3v) is 4.83. The average molecular weight is 355 g/mol. The molecular weight excluding hydrogens is 334 g/mol. The monoisotopic (exact) mass is 355 g/mol. The van der Waals surface area contributed by atoms with Crippen molar-refractivity contribution in [3.8, 4) is 0 Å². The molecule has 0 aromatic heterocycles. The molecule has 0 radical (unpaired) electrons. The Kier molecular flexibility index (Phi) is 5.01. The van der Waals surface area contributed by atoms with Crippen molar-refractivity contribution in [3.05, 3.63) is 70.3 Å². The van der Waals surface area contributed by atoms with E-state index in [0.29, 0.717) is 26.2 Å². The molecule has 1 fully saturated rings. The third-order valence-electron chi connectivity index (χ3n) is 4.83. The number of carbonyl (C=O) groups is 1. The maximum absolute atomic E-state index is 12.4. The van der Waals surface area contributed by atoms with Crippen LogP contribution in [-0.4, -0.2) is 46.9 Å². The minimum atomic E-state index is -2.01. The van der Waals surface area contributed by atoms with E-state index in [-0.39, 0.29) is 11.3 Å². The first-order chi connectivity index (χ1) is 12.4. The number of Topliss-reactive ketones (excluding diaryl/α,β-unsaturated/α-hetero) is 1. The second kappa shape index (κ2) is 7.23. The van der Waals surface area contributed by atoms with E-state index < -0.39 is 16.4 Å². The number of ketones is 1. The van der Waals surface area contributed by atoms with Gasteiger partial charge in [-0.05, 0) is 25.1 Å². The van der Waals surface area contributed by atoms with Gasteiger partial charge in [0.25, 0.3) is 5.69 Å². The first kappa shape index (κ1) is 18.0. The van der Waals surface area contributed by atoms with Crippen LogP contribution in [-0.2, 0) is 10.5 Å². The molecule has 0 spiro atoms. The molecule has 0 saturated carbocycles. The van der Waals surface area contributed by atoms with Crippen LogP contribution in [0.15, 0.2) is 54.6 Å². The third kappa shape index (κ3) is 3.18. The summed E-state index contributed by atoms with van der Waals surface area (Å²) in [5, 5.41) is 22.6. The standard InChI is InChI=1S/C19H21N3O4/c1-15(23)19(24,17-9-5-6-10-18(17)22(25)26)21-13-11-20(12-14-21)16-7-3-2-4-8-16/h2-10,24H,11-14H2,1H3. The number of hydrogen-bond acceptors (Lipinski definition) is 6. The van der Waals surface area contributed by atoms with Crippen LogP contribution in [0.4, 0.5) is 11.4 Å². The highest BCUT2D eigenvalue weighted by Gasteiger charge is 2.46. The fourth-order valence-electron chi connectivity index (χ4n) is 3.44. The molecule has 1 atom stereocenters. The van der Waals surface area contributed by atoms with Gasteiger partial charge in [0.15, 0.2) is 5.78 Å². The van der Waals surface area contributed by atoms with Crippen molar-refractivity contribution < 1.29 is 14.8 Å². The Morgan fingerprint density at radius 3 is 2.19 bits per heavy atom. The Labute approximate surface area is 151 Å². The van der Waals surface area contributed by atoms with Crippen molar-refractivity contribution in [2.45, 2.75) is 12.6 Å². The predicted molar refractivity (Wildman–Crippen MR) is 97.9 cm³/mol. The molecule has 3 rings (SSSR count). The second-order valence-corrected chi connectivity index (χ2v) is 6.31. The first-order valence-electron chi connectivity index (χ1n) is 8.47. The Morgan fingerprint density at radius 2 is 1.62 bits per heavy atom. The maximum Gasteiger partial charge on any atom is 0.277 e.